The fourth-order valence-corrected chi connectivity index (χ4v) is 4.24. The lowest BCUT2D eigenvalue weighted by atomic mass is 10.1. The highest BCUT2D eigenvalue weighted by atomic mass is 16.5. The molecule has 8 nitrogen and oxygen atoms in total. The smallest absolute Gasteiger partial charge is 0.222 e. The second-order valence-corrected chi connectivity index (χ2v) is 8.54. The molecule has 8 heteroatoms. The van der Waals surface area contributed by atoms with Gasteiger partial charge in [-0.15, -0.1) is 0 Å². The minimum Gasteiger partial charge on any atom is -0.477 e. The summed E-state index contributed by atoms with van der Waals surface area (Å²) in [6.07, 6.45) is 6.76. The van der Waals surface area contributed by atoms with Crippen LogP contribution >= 0.6 is 0 Å². The van der Waals surface area contributed by atoms with E-state index < -0.39 is 0 Å². The number of rotatable bonds is 1. The van der Waals surface area contributed by atoms with E-state index in [0.29, 0.717) is 19.0 Å². The highest BCUT2D eigenvalue weighted by Gasteiger charge is 2.20. The maximum atomic E-state index is 6.09. The van der Waals surface area contributed by atoms with Crippen molar-refractivity contribution in [1.29, 1.82) is 0 Å². The van der Waals surface area contributed by atoms with Gasteiger partial charge in [-0.2, -0.15) is 10.2 Å². The van der Waals surface area contributed by atoms with E-state index >= 15 is 0 Å². The number of anilines is 1. The minimum atomic E-state index is 0.219. The van der Waals surface area contributed by atoms with Crippen LogP contribution in [0.4, 0.5) is 5.69 Å². The molecule has 0 saturated carbocycles. The predicted octanol–water partition coefficient (Wildman–Crippen LogP) is 4.75. The lowest BCUT2D eigenvalue weighted by Gasteiger charge is -2.15. The van der Waals surface area contributed by atoms with Gasteiger partial charge in [0.15, 0.2) is 0 Å². The first-order valence-electron chi connectivity index (χ1n) is 11.3. The number of fused-ring (bicyclic) bond motifs is 7. The zero-order valence-corrected chi connectivity index (χ0v) is 18.9. The molecule has 1 N–H and O–H groups in total. The van der Waals surface area contributed by atoms with E-state index in [2.05, 4.69) is 50.7 Å². The van der Waals surface area contributed by atoms with Gasteiger partial charge in [-0.3, -0.25) is 9.36 Å². The molecular weight excluding hydrogens is 402 g/mol. The summed E-state index contributed by atoms with van der Waals surface area (Å²) in [6, 6.07) is 8.34. The van der Waals surface area contributed by atoms with Gasteiger partial charge in [0.2, 0.25) is 5.88 Å². The molecule has 0 fully saturated rings. The van der Waals surface area contributed by atoms with Crippen molar-refractivity contribution in [2.45, 2.75) is 59.2 Å². The lowest BCUT2D eigenvalue weighted by Crippen LogP contribution is -2.11. The third-order valence-corrected chi connectivity index (χ3v) is 5.88. The number of aryl methyl sites for hydroxylation is 2. The summed E-state index contributed by atoms with van der Waals surface area (Å²) in [4.78, 5) is 9.51. The molecule has 1 aliphatic heterocycles. The molecule has 5 heterocycles. The number of nitrogens with zero attached hydrogens (tertiary/aromatic N) is 6. The molecule has 4 aromatic heterocycles. The average Bonchev–Trinajstić information content (AvgIpc) is 3.38. The maximum absolute atomic E-state index is 6.09. The normalized spacial score (nSPS) is 14.8. The van der Waals surface area contributed by atoms with Crippen molar-refractivity contribution in [2.24, 2.45) is 0 Å². The standard InChI is InChI=1S/C24H29N7O/c1-16(2)31-23-21-14-20(28-22(23)17(3)29-31)19-8-7-10-25-24(19)32-13-6-4-5-12-30-18(15-26-21)9-11-27-30/h7-11,14,16,26H,4-6,12-13,15H2,1-3H3. The Morgan fingerprint density at radius 3 is 2.91 bits per heavy atom. The van der Waals surface area contributed by atoms with Crippen molar-refractivity contribution in [2.75, 3.05) is 11.9 Å². The topological polar surface area (TPSA) is 82.7 Å². The van der Waals surface area contributed by atoms with Gasteiger partial charge in [0.05, 0.1) is 41.5 Å². The average molecular weight is 432 g/mol. The Labute approximate surface area is 187 Å². The van der Waals surface area contributed by atoms with E-state index in [-0.39, 0.29) is 6.04 Å². The molecule has 32 heavy (non-hydrogen) atoms. The molecule has 0 unspecified atom stereocenters. The number of hydrogen-bond donors (Lipinski definition) is 1. The summed E-state index contributed by atoms with van der Waals surface area (Å²) in [5.74, 6) is 0.627. The largest absolute Gasteiger partial charge is 0.477 e. The predicted molar refractivity (Wildman–Crippen MR) is 125 cm³/mol. The second-order valence-electron chi connectivity index (χ2n) is 8.54. The zero-order valence-electron chi connectivity index (χ0n) is 18.9. The van der Waals surface area contributed by atoms with Gasteiger partial charge in [-0.25, -0.2) is 9.97 Å². The van der Waals surface area contributed by atoms with Crippen molar-refractivity contribution >= 4 is 16.7 Å². The molecule has 166 valence electrons. The van der Waals surface area contributed by atoms with Crippen LogP contribution in [0, 0.1) is 6.92 Å². The van der Waals surface area contributed by atoms with Crippen molar-refractivity contribution in [3.8, 4) is 17.1 Å². The van der Waals surface area contributed by atoms with Crippen LogP contribution in [0.1, 0.15) is 50.5 Å². The number of aromatic nitrogens is 6. The Morgan fingerprint density at radius 2 is 2.03 bits per heavy atom. The fourth-order valence-electron chi connectivity index (χ4n) is 4.24. The Morgan fingerprint density at radius 1 is 1.12 bits per heavy atom. The molecule has 2 bridgehead atoms. The molecule has 4 aromatic rings. The number of hydrogen-bond acceptors (Lipinski definition) is 6. The molecule has 5 rings (SSSR count). The lowest BCUT2D eigenvalue weighted by molar-refractivity contribution is 0.293. The molecular formula is C24H29N7O. The molecule has 0 amide bonds. The van der Waals surface area contributed by atoms with Crippen LogP contribution in [0.15, 0.2) is 36.7 Å². The van der Waals surface area contributed by atoms with Gasteiger partial charge in [0, 0.05) is 25.0 Å². The third-order valence-electron chi connectivity index (χ3n) is 5.88. The minimum absolute atomic E-state index is 0.219. The summed E-state index contributed by atoms with van der Waals surface area (Å²) in [5, 5.41) is 13.0. The van der Waals surface area contributed by atoms with Gasteiger partial charge < -0.3 is 10.1 Å². The molecule has 0 atom stereocenters. The SMILES string of the molecule is Cc1nn(C(C)C)c2c3cc(nc12)-c1cccnc1OCCCCCn1nccc1CN3. The summed E-state index contributed by atoms with van der Waals surface area (Å²) in [7, 11) is 0. The Balaban J connectivity index is 1.68. The van der Waals surface area contributed by atoms with E-state index in [1.165, 1.54) is 0 Å². The Bertz CT molecular complexity index is 1240. The van der Waals surface area contributed by atoms with Gasteiger partial charge in [-0.1, -0.05) is 0 Å². The summed E-state index contributed by atoms with van der Waals surface area (Å²) in [6.45, 7) is 8.51. The fraction of sp³-hybridized carbons (Fsp3) is 0.417. The van der Waals surface area contributed by atoms with Crippen LogP contribution in [0.2, 0.25) is 0 Å². The van der Waals surface area contributed by atoms with E-state index in [0.717, 1.165) is 65.2 Å². The number of nitrogens with one attached hydrogen (secondary N) is 1. The summed E-state index contributed by atoms with van der Waals surface area (Å²) >= 11 is 0. The second kappa shape index (κ2) is 8.61. The van der Waals surface area contributed by atoms with Gasteiger partial charge in [0.1, 0.15) is 11.0 Å². The number of pyridine rings is 2. The van der Waals surface area contributed by atoms with Crippen LogP contribution < -0.4 is 10.1 Å². The molecule has 0 radical (unpaired) electrons. The monoisotopic (exact) mass is 431 g/mol. The third kappa shape index (κ3) is 3.81. The van der Waals surface area contributed by atoms with Crippen LogP contribution in [0.3, 0.4) is 0 Å². The molecule has 0 saturated heterocycles. The highest BCUT2D eigenvalue weighted by Crippen LogP contribution is 2.34. The first-order chi connectivity index (χ1) is 15.6. The van der Waals surface area contributed by atoms with Crippen molar-refractivity contribution in [3.05, 3.63) is 48.0 Å². The summed E-state index contributed by atoms with van der Waals surface area (Å²) < 4.78 is 10.2. The van der Waals surface area contributed by atoms with Gasteiger partial charge >= 0.3 is 0 Å². The zero-order chi connectivity index (χ0) is 22.1. The van der Waals surface area contributed by atoms with Crippen LogP contribution in [-0.2, 0) is 13.1 Å². The highest BCUT2D eigenvalue weighted by molar-refractivity contribution is 5.93. The quantitative estimate of drug-likeness (QED) is 0.468. The van der Waals surface area contributed by atoms with E-state index in [4.69, 9.17) is 14.8 Å². The van der Waals surface area contributed by atoms with Crippen molar-refractivity contribution in [1.82, 2.24) is 29.5 Å². The first kappa shape index (κ1) is 20.5. The van der Waals surface area contributed by atoms with Crippen molar-refractivity contribution < 1.29 is 4.74 Å². The molecule has 0 aliphatic carbocycles. The van der Waals surface area contributed by atoms with Crippen LogP contribution in [0.25, 0.3) is 22.3 Å². The molecule has 0 spiro atoms. The van der Waals surface area contributed by atoms with Gasteiger partial charge in [0.25, 0.3) is 0 Å². The molecule has 1 aliphatic rings. The van der Waals surface area contributed by atoms with E-state index in [9.17, 15) is 0 Å². The maximum Gasteiger partial charge on any atom is 0.222 e. The number of ether oxygens (including phenoxy) is 1. The summed E-state index contributed by atoms with van der Waals surface area (Å²) in [5.41, 5.74) is 6.71. The van der Waals surface area contributed by atoms with E-state index in [1.807, 2.05) is 25.3 Å². The Hall–Kier alpha value is -3.42. The van der Waals surface area contributed by atoms with Crippen LogP contribution in [0.5, 0.6) is 5.88 Å². The first-order valence-corrected chi connectivity index (χ1v) is 11.3. The van der Waals surface area contributed by atoms with Crippen LogP contribution in [-0.4, -0.2) is 36.1 Å². The molecule has 0 aromatic carbocycles. The van der Waals surface area contributed by atoms with Crippen molar-refractivity contribution in [3.63, 3.8) is 0 Å². The van der Waals surface area contributed by atoms with E-state index in [1.54, 1.807) is 6.20 Å². The van der Waals surface area contributed by atoms with Gasteiger partial charge in [-0.05, 0) is 64.3 Å². The Kier molecular flexibility index (Phi) is 5.51.